The van der Waals surface area contributed by atoms with Gasteiger partial charge in [-0.3, -0.25) is 33.7 Å². The van der Waals surface area contributed by atoms with Crippen molar-refractivity contribution in [2.45, 2.75) is 0 Å². The van der Waals surface area contributed by atoms with E-state index in [0.29, 0.717) is 0 Å². The van der Waals surface area contributed by atoms with Crippen molar-refractivity contribution in [3.63, 3.8) is 0 Å². The topological polar surface area (TPSA) is 499 Å². The molecule has 0 amide bonds. The van der Waals surface area contributed by atoms with E-state index in [0.717, 1.165) is 0 Å². The first-order chi connectivity index (χ1) is 8.00. The van der Waals surface area contributed by atoms with E-state index in [1.807, 2.05) is 0 Å². The molecule has 0 aromatic heterocycles. The maximum atomic E-state index is 8.52. The molecule has 168 valence electrons. The van der Waals surface area contributed by atoms with E-state index in [1.54, 1.807) is 0 Å². The Morgan fingerprint density at radius 2 is 0.346 bits per heavy atom. The monoisotopic (exact) mass is 614 g/mol. The fourth-order valence-electron chi connectivity index (χ4n) is 0. The zero-order valence-electron chi connectivity index (χ0n) is 13.2. The molecule has 0 heterocycles. The number of hydrogen-bond acceptors (Lipinski definition) is 16. The third kappa shape index (κ3) is 32000. The summed E-state index contributed by atoms with van der Waals surface area (Å²) in [5.74, 6) is 0. The summed E-state index contributed by atoms with van der Waals surface area (Å²) < 4.78 is 136. The Morgan fingerprint density at radius 1 is 0.346 bits per heavy atom. The van der Waals surface area contributed by atoms with Crippen LogP contribution in [0.25, 0.3) is 0 Å². The first-order valence-corrected chi connectivity index (χ1v) is 8.00. The minimum Gasteiger partial charge on any atom is -0.759 e. The zero-order chi connectivity index (χ0) is 18.0. The van der Waals surface area contributed by atoms with Gasteiger partial charge in [0.1, 0.15) is 0 Å². The van der Waals surface area contributed by atoms with Gasteiger partial charge < -0.3 is 66.5 Å². The van der Waals surface area contributed by atoms with E-state index in [4.69, 9.17) is 70.1 Å². The van der Waals surface area contributed by atoms with Gasteiger partial charge in [0.05, 0.1) is 0 Å². The van der Waals surface area contributed by atoms with Crippen LogP contribution < -0.4 is 24.6 Å². The summed E-state index contributed by atoms with van der Waals surface area (Å²) in [6.45, 7) is 0. The molecular formula is H18CeN4O17S4. The van der Waals surface area contributed by atoms with Crippen molar-refractivity contribution in [3.05, 3.63) is 0 Å². The molecule has 0 bridgehead atoms. The van der Waals surface area contributed by atoms with Gasteiger partial charge >= 0.3 is 41.7 Å². The smallest absolute Gasteiger partial charge is 0.759 e. The molecule has 0 fully saturated rings. The molecule has 0 radical (unpaired) electrons. The molecule has 21 nitrogen and oxygen atoms in total. The summed E-state index contributed by atoms with van der Waals surface area (Å²) in [7, 11) is -20.7. The van der Waals surface area contributed by atoms with Gasteiger partial charge in [0.2, 0.25) is 0 Å². The molecule has 0 saturated heterocycles. The molecule has 26 heteroatoms. The molecule has 18 N–H and O–H groups in total. The third-order valence-electron chi connectivity index (χ3n) is 0. The summed E-state index contributed by atoms with van der Waals surface area (Å²) >= 11 is 0. The van der Waals surface area contributed by atoms with Crippen molar-refractivity contribution in [1.82, 2.24) is 24.6 Å². The van der Waals surface area contributed by atoms with Crippen molar-refractivity contribution in [1.29, 1.82) is 0 Å². The second kappa shape index (κ2) is 25.7. The van der Waals surface area contributed by atoms with Crippen molar-refractivity contribution >= 4 is 41.6 Å². The van der Waals surface area contributed by atoms with Crippen LogP contribution in [0.15, 0.2) is 0 Å². The Kier molecular flexibility index (Phi) is 62.4. The van der Waals surface area contributed by atoms with Crippen LogP contribution in [0.5, 0.6) is 0 Å². The van der Waals surface area contributed by atoms with E-state index in [2.05, 4.69) is 0 Å². The maximum Gasteiger partial charge on any atom is 4.00 e. The Morgan fingerprint density at radius 3 is 0.346 bits per heavy atom. The predicted molar refractivity (Wildman–Crippen MR) is 69.5 cm³/mol. The summed E-state index contributed by atoms with van der Waals surface area (Å²) in [5, 5.41) is 0. The summed E-state index contributed by atoms with van der Waals surface area (Å²) in [6.07, 6.45) is 0. The van der Waals surface area contributed by atoms with Crippen molar-refractivity contribution in [2.75, 3.05) is 0 Å². The molecule has 0 aromatic rings. The van der Waals surface area contributed by atoms with Gasteiger partial charge in [-0.15, -0.1) is 0 Å². The van der Waals surface area contributed by atoms with E-state index >= 15 is 0 Å². The summed E-state index contributed by atoms with van der Waals surface area (Å²) in [4.78, 5) is 0. The van der Waals surface area contributed by atoms with Crippen LogP contribution in [0.4, 0.5) is 0 Å². The van der Waals surface area contributed by atoms with Gasteiger partial charge in [0, 0.05) is 41.6 Å². The SMILES string of the molecule is O.O=S(=O)([O-])[O-].O=S(=O)([O-])[O-].O=S(=O)([O-])[O-].O=S(=O)([O-])[O-].[Ce+4].[NH4+].[NH4+].[NH4+].[NH4+]. The number of hydrogen-bond donors (Lipinski definition) is 4. The van der Waals surface area contributed by atoms with Crippen LogP contribution in [-0.4, -0.2) is 75.6 Å². The Hall–Kier alpha value is 0.657. The van der Waals surface area contributed by atoms with Crippen molar-refractivity contribution in [3.8, 4) is 0 Å². The largest absolute Gasteiger partial charge is 4.00 e. The Bertz CT molecular complexity index is 490. The van der Waals surface area contributed by atoms with Gasteiger partial charge in [0.25, 0.3) is 0 Å². The zero-order valence-corrected chi connectivity index (χ0v) is 19.6. The van der Waals surface area contributed by atoms with Crippen molar-refractivity contribution in [2.24, 2.45) is 0 Å². The van der Waals surface area contributed by atoms with Crippen LogP contribution in [0.3, 0.4) is 0 Å². The molecule has 0 unspecified atom stereocenters. The van der Waals surface area contributed by atoms with Crippen molar-refractivity contribution < 1.29 is 117 Å². The van der Waals surface area contributed by atoms with Gasteiger partial charge in [0.15, 0.2) is 0 Å². The molecule has 0 rings (SSSR count). The first-order valence-electron chi connectivity index (χ1n) is 2.67. The first kappa shape index (κ1) is 63.2. The van der Waals surface area contributed by atoms with Crippen LogP contribution in [0.1, 0.15) is 0 Å². The molecule has 0 aliphatic heterocycles. The normalized spacial score (nSPS) is 8.92. The van der Waals surface area contributed by atoms with E-state index in [-0.39, 0.29) is 71.8 Å². The second-order valence-electron chi connectivity index (χ2n) is 1.63. The average Bonchev–Trinajstić information content (AvgIpc) is 1.62. The van der Waals surface area contributed by atoms with Gasteiger partial charge in [-0.1, -0.05) is 0 Å². The van der Waals surface area contributed by atoms with Crippen LogP contribution in [-0.2, 0) is 41.6 Å². The molecular weight excluding hydrogens is 596 g/mol. The average molecular weight is 615 g/mol. The van der Waals surface area contributed by atoms with Gasteiger partial charge in [-0.25, -0.2) is 0 Å². The fraction of sp³-hybridized carbons (Fsp3) is 0. The van der Waals surface area contributed by atoms with Gasteiger partial charge in [-0.05, 0) is 0 Å². The number of rotatable bonds is 0. The maximum absolute atomic E-state index is 8.52. The van der Waals surface area contributed by atoms with E-state index < -0.39 is 41.6 Å². The second-order valence-corrected chi connectivity index (χ2v) is 4.90. The standard InChI is InChI=1S/Ce.4H3N.4H2O4S.H2O/c;;;;;4*1-5(2,3)4;/h;4*1H3;4*(H2,1,2,3,4);1H2/q+4;;;;;;;;;/p-4. The van der Waals surface area contributed by atoms with Crippen LogP contribution in [0.2, 0.25) is 0 Å². The molecule has 26 heavy (non-hydrogen) atoms. The predicted octanol–water partition coefficient (Wildman–Crippen LogP) is -4.67. The van der Waals surface area contributed by atoms with Crippen LogP contribution >= 0.6 is 0 Å². The molecule has 0 spiro atoms. The Balaban J connectivity index is -0.0000000152. The van der Waals surface area contributed by atoms with Gasteiger partial charge in [-0.2, -0.15) is 0 Å². The van der Waals surface area contributed by atoms with Crippen LogP contribution in [0, 0.1) is 41.7 Å². The minimum absolute atomic E-state index is 0. The molecule has 0 aromatic carbocycles. The molecule has 0 aliphatic carbocycles. The third-order valence-corrected chi connectivity index (χ3v) is 0. The number of quaternary nitrogens is 4. The summed E-state index contributed by atoms with van der Waals surface area (Å²) in [6, 6.07) is 0. The Labute approximate surface area is 182 Å². The van der Waals surface area contributed by atoms with E-state index in [9.17, 15) is 0 Å². The quantitative estimate of drug-likeness (QED) is 0.147. The summed E-state index contributed by atoms with van der Waals surface area (Å²) in [5.41, 5.74) is 0. The van der Waals surface area contributed by atoms with E-state index in [1.165, 1.54) is 0 Å². The molecule has 0 aliphatic rings. The minimum atomic E-state index is -5.17. The fourth-order valence-corrected chi connectivity index (χ4v) is 0. The molecule has 0 atom stereocenters. The molecule has 0 saturated carbocycles.